The molecule has 2 N–H and O–H groups in total. The number of nitrogens with one attached hydrogen (secondary N) is 2. The molecular weight excluding hydrogens is 435 g/mol. The van der Waals surface area contributed by atoms with Crippen LogP contribution in [0.2, 0.25) is 15.3 Å². The molecule has 3 aromatic rings. The maximum Gasteiger partial charge on any atom is 0.287 e. The first-order chi connectivity index (χ1) is 13.9. The van der Waals surface area contributed by atoms with Crippen molar-refractivity contribution in [1.82, 2.24) is 20.4 Å². The van der Waals surface area contributed by atoms with Crippen LogP contribution in [0.4, 0.5) is 0 Å². The standard InChI is InChI=1S/C20H19Cl3N4O2/c1-27-18(15(22)9-25-27)14-8-17(29-19(14)23)20(28)26-16-10-24-7-6-13(16)11-2-4-12(21)5-3-11/h2-5,8-9,13,16,24H,6-7,10H2,1H3,(H,26,28). The summed E-state index contributed by atoms with van der Waals surface area (Å²) in [6.45, 7) is 1.54. The van der Waals surface area contributed by atoms with E-state index in [4.69, 9.17) is 39.2 Å². The minimum atomic E-state index is -0.330. The number of amides is 1. The smallest absolute Gasteiger partial charge is 0.287 e. The largest absolute Gasteiger partial charge is 0.439 e. The predicted octanol–water partition coefficient (Wildman–Crippen LogP) is 4.52. The minimum absolute atomic E-state index is 0.0926. The normalized spacial score (nSPS) is 19.3. The van der Waals surface area contributed by atoms with E-state index in [-0.39, 0.29) is 28.8 Å². The lowest BCUT2D eigenvalue weighted by atomic mass is 9.86. The molecule has 3 heterocycles. The third-order valence-electron chi connectivity index (χ3n) is 5.16. The summed E-state index contributed by atoms with van der Waals surface area (Å²) in [5.41, 5.74) is 2.26. The Labute approximate surface area is 183 Å². The van der Waals surface area contributed by atoms with Crippen LogP contribution in [0, 0.1) is 0 Å². The van der Waals surface area contributed by atoms with Gasteiger partial charge < -0.3 is 15.1 Å². The molecule has 9 heteroatoms. The summed E-state index contributed by atoms with van der Waals surface area (Å²) in [5, 5.41) is 11.7. The van der Waals surface area contributed by atoms with E-state index in [1.54, 1.807) is 17.8 Å². The molecule has 0 spiro atoms. The summed E-state index contributed by atoms with van der Waals surface area (Å²) in [7, 11) is 1.74. The molecule has 2 unspecified atom stereocenters. The van der Waals surface area contributed by atoms with Gasteiger partial charge >= 0.3 is 0 Å². The monoisotopic (exact) mass is 452 g/mol. The Bertz CT molecular complexity index is 1010. The number of halogens is 3. The number of nitrogens with zero attached hydrogens (tertiary/aromatic N) is 2. The summed E-state index contributed by atoms with van der Waals surface area (Å²) in [6.07, 6.45) is 2.42. The van der Waals surface area contributed by atoms with Crippen molar-refractivity contribution in [2.45, 2.75) is 18.4 Å². The van der Waals surface area contributed by atoms with Crippen molar-refractivity contribution in [2.75, 3.05) is 13.1 Å². The van der Waals surface area contributed by atoms with Gasteiger partial charge in [-0.3, -0.25) is 9.48 Å². The summed E-state index contributed by atoms with van der Waals surface area (Å²) in [4.78, 5) is 12.9. The topological polar surface area (TPSA) is 72.1 Å². The van der Waals surface area contributed by atoms with Crippen molar-refractivity contribution >= 4 is 40.7 Å². The van der Waals surface area contributed by atoms with Crippen molar-refractivity contribution < 1.29 is 9.21 Å². The average molecular weight is 454 g/mol. The Balaban J connectivity index is 1.55. The summed E-state index contributed by atoms with van der Waals surface area (Å²) < 4.78 is 7.11. The van der Waals surface area contributed by atoms with Crippen LogP contribution in [0.3, 0.4) is 0 Å². The van der Waals surface area contributed by atoms with Crippen LogP contribution < -0.4 is 10.6 Å². The maximum atomic E-state index is 12.9. The van der Waals surface area contributed by atoms with E-state index in [0.29, 0.717) is 27.8 Å². The van der Waals surface area contributed by atoms with Crippen molar-refractivity contribution in [3.8, 4) is 11.3 Å². The lowest BCUT2D eigenvalue weighted by molar-refractivity contribution is 0.0896. The summed E-state index contributed by atoms with van der Waals surface area (Å²) in [5.74, 6) is -0.0271. The molecule has 152 valence electrons. The fourth-order valence-electron chi connectivity index (χ4n) is 3.71. The van der Waals surface area contributed by atoms with Crippen LogP contribution in [0.25, 0.3) is 11.3 Å². The molecule has 29 heavy (non-hydrogen) atoms. The molecular formula is C20H19Cl3N4O2. The summed E-state index contributed by atoms with van der Waals surface area (Å²) >= 11 is 18.4. The van der Waals surface area contributed by atoms with E-state index in [9.17, 15) is 4.79 Å². The zero-order chi connectivity index (χ0) is 20.5. The molecule has 1 saturated heterocycles. The third-order valence-corrected chi connectivity index (χ3v) is 5.97. The van der Waals surface area contributed by atoms with E-state index >= 15 is 0 Å². The molecule has 0 saturated carbocycles. The van der Waals surface area contributed by atoms with Crippen molar-refractivity contribution in [3.63, 3.8) is 0 Å². The fraction of sp³-hybridized carbons (Fsp3) is 0.300. The molecule has 6 nitrogen and oxygen atoms in total. The van der Waals surface area contributed by atoms with Gasteiger partial charge in [0.15, 0.2) is 5.76 Å². The van der Waals surface area contributed by atoms with E-state index in [0.717, 1.165) is 18.5 Å². The first-order valence-corrected chi connectivity index (χ1v) is 10.3. The number of carbonyl (C=O) groups excluding carboxylic acids is 1. The van der Waals surface area contributed by atoms with E-state index in [1.165, 1.54) is 6.20 Å². The number of aryl methyl sites for hydroxylation is 1. The Hall–Kier alpha value is -1.99. The highest BCUT2D eigenvalue weighted by Crippen LogP contribution is 2.35. The molecule has 0 bridgehead atoms. The SMILES string of the molecule is Cn1ncc(Cl)c1-c1cc(C(=O)NC2CNCCC2c2ccc(Cl)cc2)oc1Cl. The quantitative estimate of drug-likeness (QED) is 0.609. The number of carbonyl (C=O) groups is 1. The van der Waals surface area contributed by atoms with Gasteiger partial charge in [-0.05, 0) is 42.3 Å². The Morgan fingerprint density at radius 2 is 2.03 bits per heavy atom. The van der Waals surface area contributed by atoms with Gasteiger partial charge in [-0.2, -0.15) is 5.10 Å². The molecule has 2 atom stereocenters. The van der Waals surface area contributed by atoms with Gasteiger partial charge in [0.1, 0.15) is 0 Å². The molecule has 0 aliphatic carbocycles. The van der Waals surface area contributed by atoms with Crippen LogP contribution in [0.15, 0.2) is 40.9 Å². The molecule has 4 rings (SSSR count). The molecule has 1 fully saturated rings. The highest BCUT2D eigenvalue weighted by Gasteiger charge is 2.29. The third kappa shape index (κ3) is 4.16. The number of furan rings is 1. The van der Waals surface area contributed by atoms with Crippen LogP contribution >= 0.6 is 34.8 Å². The molecule has 2 aromatic heterocycles. The first kappa shape index (κ1) is 20.3. The highest BCUT2D eigenvalue weighted by molar-refractivity contribution is 6.35. The van der Waals surface area contributed by atoms with Gasteiger partial charge in [0.2, 0.25) is 5.22 Å². The number of aromatic nitrogens is 2. The molecule has 1 aliphatic heterocycles. The highest BCUT2D eigenvalue weighted by atomic mass is 35.5. The van der Waals surface area contributed by atoms with E-state index in [2.05, 4.69) is 15.7 Å². The second kappa shape index (κ2) is 8.40. The van der Waals surface area contributed by atoms with Gasteiger partial charge in [0.05, 0.1) is 22.5 Å². The average Bonchev–Trinajstić information content (AvgIpc) is 3.24. The predicted molar refractivity (Wildman–Crippen MR) is 114 cm³/mol. The van der Waals surface area contributed by atoms with E-state index in [1.807, 2.05) is 24.3 Å². The molecule has 1 amide bonds. The molecule has 0 radical (unpaired) electrons. The number of benzene rings is 1. The van der Waals surface area contributed by atoms with Crippen LogP contribution in [-0.2, 0) is 7.05 Å². The second-order valence-corrected chi connectivity index (χ2v) is 8.18. The molecule has 1 aromatic carbocycles. The maximum absolute atomic E-state index is 12.9. The van der Waals surface area contributed by atoms with Gasteiger partial charge in [-0.1, -0.05) is 35.3 Å². The fourth-order valence-corrected chi connectivity index (χ4v) is 4.34. The van der Waals surface area contributed by atoms with Crippen molar-refractivity contribution in [3.05, 3.63) is 63.1 Å². The summed E-state index contributed by atoms with van der Waals surface area (Å²) in [6, 6.07) is 9.24. The lowest BCUT2D eigenvalue weighted by Crippen LogP contribution is -2.50. The van der Waals surface area contributed by atoms with Crippen LogP contribution in [-0.4, -0.2) is 34.8 Å². The first-order valence-electron chi connectivity index (χ1n) is 9.18. The Morgan fingerprint density at radius 3 is 2.72 bits per heavy atom. The van der Waals surface area contributed by atoms with Crippen molar-refractivity contribution in [2.24, 2.45) is 7.05 Å². The zero-order valence-corrected chi connectivity index (χ0v) is 17.9. The Morgan fingerprint density at radius 1 is 1.28 bits per heavy atom. The van der Waals surface area contributed by atoms with Crippen LogP contribution in [0.1, 0.15) is 28.5 Å². The molecule has 1 aliphatic rings. The van der Waals surface area contributed by atoms with Crippen LogP contribution in [0.5, 0.6) is 0 Å². The van der Waals surface area contributed by atoms with Crippen molar-refractivity contribution in [1.29, 1.82) is 0 Å². The number of hydrogen-bond acceptors (Lipinski definition) is 4. The lowest BCUT2D eigenvalue weighted by Gasteiger charge is -2.33. The number of piperidine rings is 1. The Kier molecular flexibility index (Phi) is 5.88. The second-order valence-electron chi connectivity index (χ2n) is 6.99. The number of rotatable bonds is 4. The zero-order valence-electron chi connectivity index (χ0n) is 15.6. The van der Waals surface area contributed by atoms with Gasteiger partial charge in [-0.15, -0.1) is 0 Å². The number of hydrogen-bond donors (Lipinski definition) is 2. The van der Waals surface area contributed by atoms with Gasteiger partial charge in [0, 0.05) is 36.6 Å². The van der Waals surface area contributed by atoms with Gasteiger partial charge in [0.25, 0.3) is 5.91 Å². The van der Waals surface area contributed by atoms with E-state index < -0.39 is 0 Å². The van der Waals surface area contributed by atoms with Gasteiger partial charge in [-0.25, -0.2) is 0 Å². The minimum Gasteiger partial charge on any atom is -0.439 e.